The topological polar surface area (TPSA) is 77.9 Å². The molecule has 1 N–H and O–H groups in total. The second-order valence-electron chi connectivity index (χ2n) is 7.06. The zero-order valence-electron chi connectivity index (χ0n) is 14.7. The molecule has 0 aromatic heterocycles. The molecule has 1 atom stereocenters. The fourth-order valence-electron chi connectivity index (χ4n) is 3.74. The van der Waals surface area contributed by atoms with Crippen LogP contribution in [0.1, 0.15) is 30.4 Å². The van der Waals surface area contributed by atoms with E-state index in [1.54, 1.807) is 9.80 Å². The molecule has 134 valence electrons. The minimum absolute atomic E-state index is 0.0209. The van der Waals surface area contributed by atoms with Crippen molar-refractivity contribution < 1.29 is 19.5 Å². The normalized spacial score (nSPS) is 21.7. The Labute approximate surface area is 147 Å². The van der Waals surface area contributed by atoms with Crippen molar-refractivity contribution in [3.8, 4) is 0 Å². The second-order valence-corrected chi connectivity index (χ2v) is 7.06. The lowest BCUT2D eigenvalue weighted by atomic mass is 9.95. The maximum atomic E-state index is 12.8. The Morgan fingerprint density at radius 2 is 1.80 bits per heavy atom. The monoisotopic (exact) mass is 344 g/mol. The maximum Gasteiger partial charge on any atom is 0.306 e. The first-order valence-electron chi connectivity index (χ1n) is 8.76. The quantitative estimate of drug-likeness (QED) is 0.909. The maximum absolute atomic E-state index is 12.8. The van der Waals surface area contributed by atoms with Gasteiger partial charge < -0.3 is 14.9 Å². The lowest BCUT2D eigenvalue weighted by Gasteiger charge is -2.31. The Morgan fingerprint density at radius 3 is 2.44 bits per heavy atom. The number of carbonyl (C=O) groups is 3. The van der Waals surface area contributed by atoms with Crippen LogP contribution in [0.25, 0.3) is 0 Å². The summed E-state index contributed by atoms with van der Waals surface area (Å²) in [5.41, 5.74) is 3.06. The third-order valence-corrected chi connectivity index (χ3v) is 5.50. The molecule has 2 aliphatic heterocycles. The first-order valence-corrected chi connectivity index (χ1v) is 8.76. The van der Waals surface area contributed by atoms with E-state index in [1.807, 2.05) is 32.0 Å². The van der Waals surface area contributed by atoms with Gasteiger partial charge in [-0.3, -0.25) is 14.4 Å². The van der Waals surface area contributed by atoms with Crippen molar-refractivity contribution in [2.24, 2.45) is 11.8 Å². The molecule has 2 amide bonds. The van der Waals surface area contributed by atoms with Crippen LogP contribution in [0.15, 0.2) is 18.2 Å². The number of hydrogen-bond acceptors (Lipinski definition) is 3. The van der Waals surface area contributed by atoms with Gasteiger partial charge in [0.05, 0.1) is 11.8 Å². The van der Waals surface area contributed by atoms with Gasteiger partial charge in [-0.1, -0.05) is 12.1 Å². The van der Waals surface area contributed by atoms with E-state index in [0.29, 0.717) is 32.5 Å². The molecule has 1 aromatic rings. The average Bonchev–Trinajstić information content (AvgIpc) is 2.98. The third kappa shape index (κ3) is 3.38. The lowest BCUT2D eigenvalue weighted by molar-refractivity contribution is -0.146. The fraction of sp³-hybridized carbons (Fsp3) is 0.526. The number of piperidine rings is 1. The summed E-state index contributed by atoms with van der Waals surface area (Å²) >= 11 is 0. The van der Waals surface area contributed by atoms with E-state index in [4.69, 9.17) is 5.11 Å². The van der Waals surface area contributed by atoms with Crippen molar-refractivity contribution >= 4 is 23.5 Å². The van der Waals surface area contributed by atoms with Gasteiger partial charge in [0.25, 0.3) is 0 Å². The largest absolute Gasteiger partial charge is 0.481 e. The highest BCUT2D eigenvalue weighted by Crippen LogP contribution is 2.31. The van der Waals surface area contributed by atoms with E-state index in [0.717, 1.165) is 16.8 Å². The molecule has 2 fully saturated rings. The minimum Gasteiger partial charge on any atom is -0.481 e. The molecule has 0 radical (unpaired) electrons. The molecular formula is C19H24N2O4. The molecule has 3 rings (SSSR count). The minimum atomic E-state index is -0.788. The molecule has 2 heterocycles. The Bertz CT molecular complexity index is 707. The van der Waals surface area contributed by atoms with Crippen molar-refractivity contribution in [1.82, 2.24) is 4.90 Å². The zero-order chi connectivity index (χ0) is 18.1. The van der Waals surface area contributed by atoms with Gasteiger partial charge in [-0.2, -0.15) is 0 Å². The highest BCUT2D eigenvalue weighted by atomic mass is 16.4. The number of carbonyl (C=O) groups excluding carboxylic acids is 2. The van der Waals surface area contributed by atoms with Gasteiger partial charge in [0.15, 0.2) is 0 Å². The van der Waals surface area contributed by atoms with Gasteiger partial charge in [0.2, 0.25) is 11.8 Å². The Balaban J connectivity index is 1.67. The van der Waals surface area contributed by atoms with Crippen LogP contribution < -0.4 is 4.90 Å². The SMILES string of the molecule is Cc1cccc(N2CC(C(=O)N3CCC(C(=O)O)CC3)CC2=O)c1C. The van der Waals surface area contributed by atoms with Crippen LogP contribution in [0.2, 0.25) is 0 Å². The summed E-state index contributed by atoms with van der Waals surface area (Å²) in [7, 11) is 0. The summed E-state index contributed by atoms with van der Waals surface area (Å²) in [5.74, 6) is -1.53. The van der Waals surface area contributed by atoms with Gasteiger partial charge in [0.1, 0.15) is 0 Å². The van der Waals surface area contributed by atoms with E-state index in [9.17, 15) is 14.4 Å². The molecular weight excluding hydrogens is 320 g/mol. The number of aryl methyl sites for hydroxylation is 1. The van der Waals surface area contributed by atoms with Crippen molar-refractivity contribution in [2.75, 3.05) is 24.5 Å². The van der Waals surface area contributed by atoms with E-state index >= 15 is 0 Å². The number of carboxylic acid groups (broad SMARTS) is 1. The van der Waals surface area contributed by atoms with Gasteiger partial charge in [-0.25, -0.2) is 0 Å². The number of likely N-dealkylation sites (tertiary alicyclic amines) is 1. The highest BCUT2D eigenvalue weighted by molar-refractivity contribution is 6.01. The van der Waals surface area contributed by atoms with Crippen molar-refractivity contribution in [1.29, 1.82) is 0 Å². The molecule has 1 unspecified atom stereocenters. The lowest BCUT2D eigenvalue weighted by Crippen LogP contribution is -2.43. The van der Waals surface area contributed by atoms with E-state index in [-0.39, 0.29) is 30.1 Å². The number of carboxylic acids is 1. The van der Waals surface area contributed by atoms with Crippen LogP contribution in [0.5, 0.6) is 0 Å². The van der Waals surface area contributed by atoms with Gasteiger partial charge in [0, 0.05) is 31.7 Å². The number of nitrogens with zero attached hydrogens (tertiary/aromatic N) is 2. The molecule has 1 aromatic carbocycles. The van der Waals surface area contributed by atoms with Crippen molar-refractivity contribution in [2.45, 2.75) is 33.1 Å². The predicted molar refractivity (Wildman–Crippen MR) is 93.3 cm³/mol. The first-order chi connectivity index (χ1) is 11.9. The number of rotatable bonds is 3. The molecule has 2 saturated heterocycles. The first kappa shape index (κ1) is 17.5. The molecule has 0 saturated carbocycles. The van der Waals surface area contributed by atoms with Crippen molar-refractivity contribution in [3.63, 3.8) is 0 Å². The average molecular weight is 344 g/mol. The van der Waals surface area contributed by atoms with Gasteiger partial charge >= 0.3 is 5.97 Å². The molecule has 25 heavy (non-hydrogen) atoms. The van der Waals surface area contributed by atoms with Gasteiger partial charge in [-0.05, 0) is 43.9 Å². The summed E-state index contributed by atoms with van der Waals surface area (Å²) in [6.07, 6.45) is 1.20. The Kier molecular flexibility index (Phi) is 4.79. The molecule has 0 aliphatic carbocycles. The van der Waals surface area contributed by atoms with Crippen molar-refractivity contribution in [3.05, 3.63) is 29.3 Å². The van der Waals surface area contributed by atoms with Crippen LogP contribution in [0, 0.1) is 25.7 Å². The highest BCUT2D eigenvalue weighted by Gasteiger charge is 2.39. The summed E-state index contributed by atoms with van der Waals surface area (Å²) in [6.45, 7) is 5.33. The predicted octanol–water partition coefficient (Wildman–Crippen LogP) is 1.98. The van der Waals surface area contributed by atoms with Crippen LogP contribution >= 0.6 is 0 Å². The summed E-state index contributed by atoms with van der Waals surface area (Å²) < 4.78 is 0. The second kappa shape index (κ2) is 6.86. The van der Waals surface area contributed by atoms with E-state index in [2.05, 4.69) is 0 Å². The number of anilines is 1. The molecule has 6 heteroatoms. The number of aliphatic carboxylic acids is 1. The number of hydrogen-bond donors (Lipinski definition) is 1. The Morgan fingerprint density at radius 1 is 1.12 bits per heavy atom. The summed E-state index contributed by atoms with van der Waals surface area (Å²) in [5, 5.41) is 9.06. The Hall–Kier alpha value is -2.37. The number of benzene rings is 1. The molecule has 0 spiro atoms. The fourth-order valence-corrected chi connectivity index (χ4v) is 3.74. The standard InChI is InChI=1S/C19H24N2O4/c1-12-4-3-5-16(13(12)2)21-11-15(10-17(21)22)18(23)20-8-6-14(7-9-20)19(24)25/h3-5,14-15H,6-11H2,1-2H3,(H,24,25). The number of amides is 2. The molecule has 6 nitrogen and oxygen atoms in total. The zero-order valence-corrected chi connectivity index (χ0v) is 14.7. The summed E-state index contributed by atoms with van der Waals surface area (Å²) in [6, 6.07) is 5.86. The van der Waals surface area contributed by atoms with E-state index < -0.39 is 5.97 Å². The van der Waals surface area contributed by atoms with Crippen LogP contribution in [0.4, 0.5) is 5.69 Å². The van der Waals surface area contributed by atoms with Gasteiger partial charge in [-0.15, -0.1) is 0 Å². The van der Waals surface area contributed by atoms with Crippen LogP contribution in [0.3, 0.4) is 0 Å². The van der Waals surface area contributed by atoms with Crippen LogP contribution in [-0.2, 0) is 14.4 Å². The molecule has 2 aliphatic rings. The molecule has 0 bridgehead atoms. The van der Waals surface area contributed by atoms with Crippen LogP contribution in [-0.4, -0.2) is 47.4 Å². The van der Waals surface area contributed by atoms with E-state index in [1.165, 1.54) is 0 Å². The summed E-state index contributed by atoms with van der Waals surface area (Å²) in [4.78, 5) is 39.7. The third-order valence-electron chi connectivity index (χ3n) is 5.50. The smallest absolute Gasteiger partial charge is 0.306 e.